The van der Waals surface area contributed by atoms with Gasteiger partial charge in [0.2, 0.25) is 5.91 Å². The lowest BCUT2D eigenvalue weighted by atomic mass is 10.1. The van der Waals surface area contributed by atoms with Crippen LogP contribution < -0.4 is 14.4 Å². The van der Waals surface area contributed by atoms with Crippen LogP contribution in [0, 0.1) is 5.82 Å². The third kappa shape index (κ3) is 2.88. The van der Waals surface area contributed by atoms with E-state index in [1.54, 1.807) is 43.4 Å². The number of ether oxygens (including phenoxy) is 2. The number of carbonyl (C=O) groups is 1. The van der Waals surface area contributed by atoms with Gasteiger partial charge in [-0.3, -0.25) is 4.79 Å². The van der Waals surface area contributed by atoms with E-state index in [1.807, 2.05) is 0 Å². The minimum atomic E-state index is -0.369. The van der Waals surface area contributed by atoms with Gasteiger partial charge in [-0.05, 0) is 23.8 Å². The summed E-state index contributed by atoms with van der Waals surface area (Å²) in [6.45, 7) is 1.01. The predicted octanol–water partition coefficient (Wildman–Crippen LogP) is 2.80. The highest BCUT2D eigenvalue weighted by Gasteiger charge is 2.17. The van der Waals surface area contributed by atoms with E-state index in [1.165, 1.54) is 11.0 Å². The molecule has 1 aliphatic heterocycles. The minimum absolute atomic E-state index is 0.0115. The Morgan fingerprint density at radius 1 is 1.14 bits per heavy atom. The van der Waals surface area contributed by atoms with Crippen LogP contribution in [0.3, 0.4) is 0 Å². The zero-order chi connectivity index (χ0) is 15.5. The molecule has 0 N–H and O–H groups in total. The highest BCUT2D eigenvalue weighted by Crippen LogP contribution is 2.33. The Balaban J connectivity index is 1.77. The van der Waals surface area contributed by atoms with Crippen molar-refractivity contribution in [2.45, 2.75) is 6.42 Å². The van der Waals surface area contributed by atoms with Gasteiger partial charge in [0.1, 0.15) is 19.0 Å². The SMILES string of the molecule is CN(C(=O)Cc1ccccc1F)c1ccc2c(c1)OCCO2. The lowest BCUT2D eigenvalue weighted by Crippen LogP contribution is -2.28. The van der Waals surface area contributed by atoms with Gasteiger partial charge in [0.05, 0.1) is 6.42 Å². The molecule has 1 amide bonds. The number of hydrogen-bond donors (Lipinski definition) is 0. The molecule has 3 rings (SSSR count). The smallest absolute Gasteiger partial charge is 0.231 e. The van der Waals surface area contributed by atoms with E-state index in [-0.39, 0.29) is 18.1 Å². The van der Waals surface area contributed by atoms with E-state index in [9.17, 15) is 9.18 Å². The maximum absolute atomic E-state index is 13.6. The number of rotatable bonds is 3. The largest absolute Gasteiger partial charge is 0.486 e. The maximum atomic E-state index is 13.6. The number of benzene rings is 2. The molecule has 2 aromatic carbocycles. The van der Waals surface area contributed by atoms with E-state index in [0.29, 0.717) is 36.0 Å². The Morgan fingerprint density at radius 3 is 2.64 bits per heavy atom. The minimum Gasteiger partial charge on any atom is -0.486 e. The van der Waals surface area contributed by atoms with E-state index in [2.05, 4.69) is 0 Å². The van der Waals surface area contributed by atoms with Gasteiger partial charge >= 0.3 is 0 Å². The lowest BCUT2D eigenvalue weighted by Gasteiger charge is -2.22. The number of amides is 1. The molecule has 0 bridgehead atoms. The number of likely N-dealkylation sites (N-methyl/N-ethyl adjacent to an activating group) is 1. The molecule has 0 unspecified atom stereocenters. The van der Waals surface area contributed by atoms with Crippen molar-refractivity contribution in [3.8, 4) is 11.5 Å². The summed E-state index contributed by atoms with van der Waals surface area (Å²) in [4.78, 5) is 13.8. The molecule has 0 radical (unpaired) electrons. The van der Waals surface area contributed by atoms with Crippen LogP contribution in [0.1, 0.15) is 5.56 Å². The molecule has 114 valence electrons. The fourth-order valence-corrected chi connectivity index (χ4v) is 2.31. The van der Waals surface area contributed by atoms with Crippen molar-refractivity contribution in [1.82, 2.24) is 0 Å². The topological polar surface area (TPSA) is 38.8 Å². The van der Waals surface area contributed by atoms with Crippen molar-refractivity contribution in [3.05, 3.63) is 53.8 Å². The van der Waals surface area contributed by atoms with Gasteiger partial charge < -0.3 is 14.4 Å². The zero-order valence-corrected chi connectivity index (χ0v) is 12.2. The van der Waals surface area contributed by atoms with Crippen LogP contribution in [-0.2, 0) is 11.2 Å². The first-order valence-electron chi connectivity index (χ1n) is 7.05. The summed E-state index contributed by atoms with van der Waals surface area (Å²) in [5.41, 5.74) is 1.07. The third-order valence-corrected chi connectivity index (χ3v) is 3.59. The molecule has 0 saturated heterocycles. The van der Waals surface area contributed by atoms with Crippen LogP contribution in [0.25, 0.3) is 0 Å². The van der Waals surface area contributed by atoms with Gasteiger partial charge in [0, 0.05) is 18.8 Å². The van der Waals surface area contributed by atoms with Gasteiger partial charge in [-0.1, -0.05) is 18.2 Å². The second kappa shape index (κ2) is 6.05. The molecule has 0 fully saturated rings. The number of nitrogens with zero attached hydrogens (tertiary/aromatic N) is 1. The number of hydrogen-bond acceptors (Lipinski definition) is 3. The van der Waals surface area contributed by atoms with Crippen LogP contribution in [0.5, 0.6) is 11.5 Å². The first kappa shape index (κ1) is 14.4. The number of carbonyl (C=O) groups excluding carboxylic acids is 1. The predicted molar refractivity (Wildman–Crippen MR) is 80.9 cm³/mol. The summed E-state index contributed by atoms with van der Waals surface area (Å²) in [5, 5.41) is 0. The normalized spacial score (nSPS) is 12.8. The second-order valence-corrected chi connectivity index (χ2v) is 5.05. The Labute approximate surface area is 128 Å². The van der Waals surface area contributed by atoms with E-state index in [0.717, 1.165) is 0 Å². The first-order valence-corrected chi connectivity index (χ1v) is 7.05. The van der Waals surface area contributed by atoms with Crippen molar-refractivity contribution in [1.29, 1.82) is 0 Å². The molecule has 5 heteroatoms. The van der Waals surface area contributed by atoms with Gasteiger partial charge in [-0.25, -0.2) is 4.39 Å². The van der Waals surface area contributed by atoms with Crippen molar-refractivity contribution < 1.29 is 18.7 Å². The van der Waals surface area contributed by atoms with Gasteiger partial charge in [-0.15, -0.1) is 0 Å². The van der Waals surface area contributed by atoms with Crippen molar-refractivity contribution >= 4 is 11.6 Å². The Hall–Kier alpha value is -2.56. The maximum Gasteiger partial charge on any atom is 0.231 e. The Kier molecular flexibility index (Phi) is 3.96. The molecule has 0 atom stereocenters. The molecule has 0 saturated carbocycles. The third-order valence-electron chi connectivity index (χ3n) is 3.59. The molecule has 1 aliphatic rings. The van der Waals surface area contributed by atoms with Crippen molar-refractivity contribution in [2.75, 3.05) is 25.2 Å². The highest BCUT2D eigenvalue weighted by atomic mass is 19.1. The molecular formula is C17H16FNO3. The van der Waals surface area contributed by atoms with Gasteiger partial charge in [0.15, 0.2) is 11.5 Å². The monoisotopic (exact) mass is 301 g/mol. The molecule has 4 nitrogen and oxygen atoms in total. The number of halogens is 1. The van der Waals surface area contributed by atoms with Crippen LogP contribution in [-0.4, -0.2) is 26.2 Å². The molecular weight excluding hydrogens is 285 g/mol. The average molecular weight is 301 g/mol. The van der Waals surface area contributed by atoms with E-state index in [4.69, 9.17) is 9.47 Å². The Bertz CT molecular complexity index is 702. The van der Waals surface area contributed by atoms with Crippen molar-refractivity contribution in [2.24, 2.45) is 0 Å². The van der Waals surface area contributed by atoms with Gasteiger partial charge in [-0.2, -0.15) is 0 Å². The van der Waals surface area contributed by atoms with Crippen LogP contribution in [0.15, 0.2) is 42.5 Å². The van der Waals surface area contributed by atoms with Crippen LogP contribution in [0.2, 0.25) is 0 Å². The standard InChI is InChI=1S/C17H16FNO3/c1-19(17(20)10-12-4-2-3-5-14(12)18)13-6-7-15-16(11-13)22-9-8-21-15/h2-7,11H,8-10H2,1H3. The summed E-state index contributed by atoms with van der Waals surface area (Å²) in [6, 6.07) is 11.6. The molecule has 1 heterocycles. The second-order valence-electron chi connectivity index (χ2n) is 5.05. The summed E-state index contributed by atoms with van der Waals surface area (Å²) < 4.78 is 24.6. The van der Waals surface area contributed by atoms with Crippen LogP contribution in [0.4, 0.5) is 10.1 Å². The molecule has 0 spiro atoms. The molecule has 0 aliphatic carbocycles. The fraction of sp³-hybridized carbons (Fsp3) is 0.235. The van der Waals surface area contributed by atoms with E-state index < -0.39 is 0 Å². The van der Waals surface area contributed by atoms with Gasteiger partial charge in [0.25, 0.3) is 0 Å². The first-order chi connectivity index (χ1) is 10.6. The summed E-state index contributed by atoms with van der Waals surface area (Å²) in [5.74, 6) is 0.729. The Morgan fingerprint density at radius 2 is 1.86 bits per heavy atom. The zero-order valence-electron chi connectivity index (χ0n) is 12.2. The van der Waals surface area contributed by atoms with Crippen LogP contribution >= 0.6 is 0 Å². The summed E-state index contributed by atoms with van der Waals surface area (Å²) >= 11 is 0. The molecule has 2 aromatic rings. The number of fused-ring (bicyclic) bond motifs is 1. The average Bonchev–Trinajstić information content (AvgIpc) is 2.55. The number of anilines is 1. The summed E-state index contributed by atoms with van der Waals surface area (Å²) in [7, 11) is 1.66. The quantitative estimate of drug-likeness (QED) is 0.875. The molecule has 0 aromatic heterocycles. The summed E-state index contributed by atoms with van der Waals surface area (Å²) in [6.07, 6.45) is 0.0115. The molecule has 22 heavy (non-hydrogen) atoms. The highest BCUT2D eigenvalue weighted by molar-refractivity contribution is 5.94. The lowest BCUT2D eigenvalue weighted by molar-refractivity contribution is -0.117. The van der Waals surface area contributed by atoms with E-state index >= 15 is 0 Å². The van der Waals surface area contributed by atoms with Crippen molar-refractivity contribution in [3.63, 3.8) is 0 Å². The fourth-order valence-electron chi connectivity index (χ4n) is 2.31.